The minimum absolute atomic E-state index is 0.0408. The number of guanidine groups is 1. The van der Waals surface area contributed by atoms with Crippen molar-refractivity contribution in [1.29, 1.82) is 0 Å². The summed E-state index contributed by atoms with van der Waals surface area (Å²) in [5.41, 5.74) is 15.0. The highest BCUT2D eigenvalue weighted by Crippen LogP contribution is 2.35. The third kappa shape index (κ3) is 2.92. The second kappa shape index (κ2) is 5.96. The molecule has 3 rings (SSSR count). The lowest BCUT2D eigenvalue weighted by Gasteiger charge is -2.23. The van der Waals surface area contributed by atoms with Gasteiger partial charge in [0, 0.05) is 16.5 Å². The van der Waals surface area contributed by atoms with Gasteiger partial charge in [-0.05, 0) is 42.5 Å². The average Bonchev–Trinajstić information content (AvgIpc) is 2.87. The molecule has 1 aliphatic rings. The molecule has 22 heavy (non-hydrogen) atoms. The van der Waals surface area contributed by atoms with E-state index in [1.165, 1.54) is 5.56 Å². The number of fused-ring (bicyclic) bond motifs is 1. The number of nitrogens with two attached hydrogens (primary N) is 2. The van der Waals surface area contributed by atoms with Crippen molar-refractivity contribution in [2.75, 3.05) is 0 Å². The van der Waals surface area contributed by atoms with Gasteiger partial charge in [-0.2, -0.15) is 5.10 Å². The maximum absolute atomic E-state index is 5.70. The van der Waals surface area contributed by atoms with Crippen molar-refractivity contribution in [3.05, 3.63) is 57.5 Å². The first-order valence-electron chi connectivity index (χ1n) is 7.03. The summed E-state index contributed by atoms with van der Waals surface area (Å²) >= 11 is 3.46. The molecule has 114 valence electrons. The van der Waals surface area contributed by atoms with Crippen molar-refractivity contribution in [2.24, 2.45) is 21.7 Å². The van der Waals surface area contributed by atoms with Gasteiger partial charge in [-0.25, -0.2) is 0 Å². The van der Waals surface area contributed by atoms with E-state index in [4.69, 9.17) is 15.9 Å². The highest BCUT2D eigenvalue weighted by molar-refractivity contribution is 9.10. The lowest BCUT2D eigenvalue weighted by atomic mass is 9.81. The van der Waals surface area contributed by atoms with E-state index in [0.717, 1.165) is 39.9 Å². The molecule has 0 saturated heterocycles. The number of halogens is 1. The topological polar surface area (TPSA) is 89.9 Å². The van der Waals surface area contributed by atoms with Crippen LogP contribution in [0.4, 0.5) is 0 Å². The maximum Gasteiger partial charge on any atom is 0.211 e. The van der Waals surface area contributed by atoms with Gasteiger partial charge in [0.05, 0.1) is 12.0 Å². The first-order chi connectivity index (χ1) is 10.5. The van der Waals surface area contributed by atoms with Gasteiger partial charge in [-0.3, -0.25) is 0 Å². The first-order valence-corrected chi connectivity index (χ1v) is 7.82. The molecule has 1 atom stereocenters. The summed E-state index contributed by atoms with van der Waals surface area (Å²) in [5, 5.41) is 8.06. The fraction of sp³-hybridized carbons (Fsp3) is 0.250. The summed E-state index contributed by atoms with van der Waals surface area (Å²) in [7, 11) is 0. The molecule has 5 nitrogen and oxygen atoms in total. The molecular formula is C16H17BrN4O. The highest BCUT2D eigenvalue weighted by Gasteiger charge is 2.29. The van der Waals surface area contributed by atoms with Crippen LogP contribution in [0, 0.1) is 6.92 Å². The summed E-state index contributed by atoms with van der Waals surface area (Å²) in [6.45, 7) is 2.01. The summed E-state index contributed by atoms with van der Waals surface area (Å²) in [4.78, 5) is 0. The Labute approximate surface area is 137 Å². The molecule has 2 aromatic rings. The quantitative estimate of drug-likeness (QED) is 0.489. The molecule has 1 aliphatic carbocycles. The van der Waals surface area contributed by atoms with Crippen molar-refractivity contribution < 1.29 is 4.42 Å². The minimum Gasteiger partial charge on any atom is -0.468 e. The van der Waals surface area contributed by atoms with Gasteiger partial charge in [0.1, 0.15) is 5.76 Å². The summed E-state index contributed by atoms with van der Waals surface area (Å²) in [6, 6.07) is 8.33. The van der Waals surface area contributed by atoms with Gasteiger partial charge in [0.15, 0.2) is 0 Å². The van der Waals surface area contributed by atoms with Gasteiger partial charge in [-0.1, -0.05) is 28.1 Å². The van der Waals surface area contributed by atoms with Crippen molar-refractivity contribution in [3.8, 4) is 0 Å². The van der Waals surface area contributed by atoms with Crippen molar-refractivity contribution in [3.63, 3.8) is 0 Å². The van der Waals surface area contributed by atoms with E-state index in [-0.39, 0.29) is 5.96 Å². The molecule has 4 N–H and O–H groups in total. The molecule has 1 unspecified atom stereocenters. The third-order valence-electron chi connectivity index (χ3n) is 3.84. The SMILES string of the molecule is Cc1coc2c1C(=NN=C(N)N)CC(c1ccc(Br)cc1)C2. The average molecular weight is 361 g/mol. The third-order valence-corrected chi connectivity index (χ3v) is 4.37. The molecular weight excluding hydrogens is 344 g/mol. The number of furan rings is 1. The molecule has 0 spiro atoms. The lowest BCUT2D eigenvalue weighted by molar-refractivity contribution is 0.480. The van der Waals surface area contributed by atoms with Crippen LogP contribution in [0.3, 0.4) is 0 Å². The maximum atomic E-state index is 5.70. The van der Waals surface area contributed by atoms with Crippen LogP contribution in [0.15, 0.2) is 49.6 Å². The number of benzene rings is 1. The number of hydrogen-bond donors (Lipinski definition) is 2. The van der Waals surface area contributed by atoms with Crippen LogP contribution in [-0.4, -0.2) is 11.7 Å². The normalized spacial score (nSPS) is 19.0. The monoisotopic (exact) mass is 360 g/mol. The van der Waals surface area contributed by atoms with E-state index in [2.05, 4.69) is 38.3 Å². The Morgan fingerprint density at radius 3 is 2.64 bits per heavy atom. The number of nitrogens with zero attached hydrogens (tertiary/aromatic N) is 2. The number of rotatable bonds is 2. The van der Waals surface area contributed by atoms with Gasteiger partial charge in [-0.15, -0.1) is 5.10 Å². The van der Waals surface area contributed by atoms with Gasteiger partial charge in [0.2, 0.25) is 5.96 Å². The van der Waals surface area contributed by atoms with Crippen LogP contribution in [0.25, 0.3) is 0 Å². The van der Waals surface area contributed by atoms with Crippen LogP contribution >= 0.6 is 15.9 Å². The molecule has 0 aliphatic heterocycles. The van der Waals surface area contributed by atoms with Crippen LogP contribution < -0.4 is 11.5 Å². The summed E-state index contributed by atoms with van der Waals surface area (Å²) < 4.78 is 6.76. The Morgan fingerprint density at radius 1 is 1.23 bits per heavy atom. The molecule has 0 radical (unpaired) electrons. The Bertz CT molecular complexity index is 742. The van der Waals surface area contributed by atoms with E-state index in [1.54, 1.807) is 6.26 Å². The van der Waals surface area contributed by atoms with Crippen molar-refractivity contribution in [1.82, 2.24) is 0 Å². The summed E-state index contributed by atoms with van der Waals surface area (Å²) in [6.07, 6.45) is 3.40. The molecule has 0 bridgehead atoms. The molecule has 0 saturated carbocycles. The first kappa shape index (κ1) is 14.8. The van der Waals surface area contributed by atoms with Crippen molar-refractivity contribution in [2.45, 2.75) is 25.7 Å². The minimum atomic E-state index is -0.0408. The number of hydrogen-bond acceptors (Lipinski definition) is 3. The smallest absolute Gasteiger partial charge is 0.211 e. The van der Waals surface area contributed by atoms with Crippen LogP contribution in [0.5, 0.6) is 0 Å². The lowest BCUT2D eigenvalue weighted by Crippen LogP contribution is -2.23. The zero-order valence-electron chi connectivity index (χ0n) is 12.2. The van der Waals surface area contributed by atoms with E-state index in [0.29, 0.717) is 5.92 Å². The molecule has 1 aromatic heterocycles. The molecule has 6 heteroatoms. The van der Waals surface area contributed by atoms with Crippen molar-refractivity contribution >= 4 is 27.6 Å². The molecule has 0 fully saturated rings. The summed E-state index contributed by atoms with van der Waals surface area (Å²) in [5.74, 6) is 1.21. The number of aryl methyl sites for hydroxylation is 1. The van der Waals surface area contributed by atoms with Gasteiger partial charge in [0.25, 0.3) is 0 Å². The van der Waals surface area contributed by atoms with E-state index >= 15 is 0 Å². The van der Waals surface area contributed by atoms with E-state index in [1.807, 2.05) is 19.1 Å². The largest absolute Gasteiger partial charge is 0.468 e. The Balaban J connectivity index is 2.00. The molecule has 0 amide bonds. The van der Waals surface area contributed by atoms with Crippen LogP contribution in [-0.2, 0) is 6.42 Å². The highest BCUT2D eigenvalue weighted by atomic mass is 79.9. The molecule has 1 heterocycles. The van der Waals surface area contributed by atoms with E-state index < -0.39 is 0 Å². The predicted molar refractivity (Wildman–Crippen MR) is 91.0 cm³/mol. The van der Waals surface area contributed by atoms with E-state index in [9.17, 15) is 0 Å². The second-order valence-electron chi connectivity index (χ2n) is 5.45. The zero-order chi connectivity index (χ0) is 15.7. The predicted octanol–water partition coefficient (Wildman–Crippen LogP) is 3.06. The fourth-order valence-electron chi connectivity index (χ4n) is 2.85. The Hall–Kier alpha value is -2.08. The standard InChI is InChI=1S/C16H17BrN4O/c1-9-8-22-14-7-11(10-2-4-12(17)5-3-10)6-13(15(9)14)20-21-16(18)19/h2-5,8,11H,6-7H2,1H3,(H4,18,19,21). The van der Waals surface area contributed by atoms with Gasteiger partial charge >= 0.3 is 0 Å². The van der Waals surface area contributed by atoms with Crippen LogP contribution in [0.2, 0.25) is 0 Å². The zero-order valence-corrected chi connectivity index (χ0v) is 13.8. The Morgan fingerprint density at radius 2 is 1.95 bits per heavy atom. The Kier molecular flexibility index (Phi) is 4.02. The second-order valence-corrected chi connectivity index (χ2v) is 6.36. The molecule has 1 aromatic carbocycles. The van der Waals surface area contributed by atoms with Crippen LogP contribution in [0.1, 0.15) is 34.8 Å². The fourth-order valence-corrected chi connectivity index (χ4v) is 3.11. The van der Waals surface area contributed by atoms with Gasteiger partial charge < -0.3 is 15.9 Å².